The minimum atomic E-state index is 0.605. The lowest BCUT2D eigenvalue weighted by Crippen LogP contribution is -2.01. The Kier molecular flexibility index (Phi) is 6.91. The fourth-order valence-electron chi connectivity index (χ4n) is 7.55. The van der Waals surface area contributed by atoms with Crippen molar-refractivity contribution in [3.8, 4) is 45.3 Å². The third kappa shape index (κ3) is 5.03. The van der Waals surface area contributed by atoms with E-state index in [4.69, 9.17) is 19.4 Å². The number of fused-ring (bicyclic) bond motifs is 5. The zero-order valence-corrected chi connectivity index (χ0v) is 27.8. The first-order chi connectivity index (χ1) is 25.3. The Labute approximate surface area is 295 Å². The van der Waals surface area contributed by atoms with E-state index in [0.717, 1.165) is 62.4 Å². The molecule has 0 N–H and O–H groups in total. The number of allylic oxidation sites excluding steroid dienone is 4. The lowest BCUT2D eigenvalue weighted by molar-refractivity contribution is 0.669. The minimum Gasteiger partial charge on any atom is -0.456 e. The van der Waals surface area contributed by atoms with Gasteiger partial charge in [0.05, 0.1) is 0 Å². The van der Waals surface area contributed by atoms with Crippen molar-refractivity contribution < 1.29 is 4.42 Å². The molecule has 0 atom stereocenters. The van der Waals surface area contributed by atoms with Crippen molar-refractivity contribution in [1.29, 1.82) is 0 Å². The third-order valence-corrected chi connectivity index (χ3v) is 9.97. The SMILES string of the molecule is C1=CC(c2ccc(-c3nc(-c4ccccc4)nc(-c4cccc5oc6ccc(-c7cccc8ccccc78)cc6c45)n3)c3ccccc23)=CCC1. The van der Waals surface area contributed by atoms with E-state index in [-0.39, 0.29) is 0 Å². The summed E-state index contributed by atoms with van der Waals surface area (Å²) in [5.41, 5.74) is 9.22. The highest BCUT2D eigenvalue weighted by Crippen LogP contribution is 2.40. The van der Waals surface area contributed by atoms with Crippen LogP contribution >= 0.6 is 0 Å². The van der Waals surface area contributed by atoms with Gasteiger partial charge in [0, 0.05) is 27.5 Å². The molecule has 4 heteroatoms. The average Bonchev–Trinajstić information content (AvgIpc) is 3.59. The number of aromatic nitrogens is 3. The lowest BCUT2D eigenvalue weighted by Gasteiger charge is -2.14. The van der Waals surface area contributed by atoms with Crippen LogP contribution in [0.4, 0.5) is 0 Å². The number of benzene rings is 7. The highest BCUT2D eigenvalue weighted by Gasteiger charge is 2.20. The van der Waals surface area contributed by atoms with Crippen LogP contribution in [0.1, 0.15) is 18.4 Å². The van der Waals surface area contributed by atoms with Gasteiger partial charge in [-0.05, 0) is 80.9 Å². The van der Waals surface area contributed by atoms with Gasteiger partial charge in [-0.25, -0.2) is 15.0 Å². The van der Waals surface area contributed by atoms with Crippen LogP contribution in [-0.4, -0.2) is 15.0 Å². The first kappa shape index (κ1) is 29.3. The minimum absolute atomic E-state index is 0.605. The van der Waals surface area contributed by atoms with Gasteiger partial charge in [-0.2, -0.15) is 0 Å². The number of furan rings is 1. The standard InChI is InChI=1S/C47H31N3O/c1-3-13-30(14-4-1)36-26-27-39(38-21-10-9-20-37(36)38)46-48-45(32-16-5-2-6-17-32)49-47(50-46)40-23-12-24-43-44(40)41-29-33(25-28-42(41)51-43)35-22-11-18-31-15-7-8-19-34(31)35/h2-3,5-29H,1,4H2. The first-order valence-corrected chi connectivity index (χ1v) is 17.4. The summed E-state index contributed by atoms with van der Waals surface area (Å²) in [6, 6.07) is 50.7. The molecule has 0 fully saturated rings. The molecule has 0 radical (unpaired) electrons. The molecular formula is C47H31N3O. The van der Waals surface area contributed by atoms with Gasteiger partial charge in [0.25, 0.3) is 0 Å². The van der Waals surface area contributed by atoms with Crippen molar-refractivity contribution in [3.05, 3.63) is 169 Å². The Morgan fingerprint density at radius 1 is 0.431 bits per heavy atom. The third-order valence-electron chi connectivity index (χ3n) is 9.97. The Bertz CT molecular complexity index is 2860. The summed E-state index contributed by atoms with van der Waals surface area (Å²) in [5.74, 6) is 1.87. The van der Waals surface area contributed by atoms with E-state index in [2.05, 4.69) is 133 Å². The second-order valence-corrected chi connectivity index (χ2v) is 13.0. The Hall–Kier alpha value is -6.65. The van der Waals surface area contributed by atoms with Gasteiger partial charge in [0.15, 0.2) is 17.5 Å². The summed E-state index contributed by atoms with van der Waals surface area (Å²) >= 11 is 0. The topological polar surface area (TPSA) is 51.8 Å². The molecule has 0 saturated heterocycles. The zero-order valence-electron chi connectivity index (χ0n) is 27.8. The molecule has 2 heterocycles. The van der Waals surface area contributed by atoms with Crippen LogP contribution in [-0.2, 0) is 0 Å². The van der Waals surface area contributed by atoms with Crippen molar-refractivity contribution in [2.24, 2.45) is 0 Å². The summed E-state index contributed by atoms with van der Waals surface area (Å²) < 4.78 is 6.47. The first-order valence-electron chi connectivity index (χ1n) is 17.4. The molecule has 4 nitrogen and oxygen atoms in total. The molecule has 0 bridgehead atoms. The van der Waals surface area contributed by atoms with Crippen LogP contribution in [0.5, 0.6) is 0 Å². The van der Waals surface area contributed by atoms with Crippen LogP contribution in [0.2, 0.25) is 0 Å². The molecule has 0 saturated carbocycles. The monoisotopic (exact) mass is 653 g/mol. The number of rotatable bonds is 5. The van der Waals surface area contributed by atoms with Crippen LogP contribution in [0, 0.1) is 0 Å². The second-order valence-electron chi connectivity index (χ2n) is 13.0. The summed E-state index contributed by atoms with van der Waals surface area (Å²) in [7, 11) is 0. The predicted octanol–water partition coefficient (Wildman–Crippen LogP) is 12.5. The second kappa shape index (κ2) is 12.0. The lowest BCUT2D eigenvalue weighted by atomic mass is 9.92. The number of hydrogen-bond acceptors (Lipinski definition) is 4. The predicted molar refractivity (Wildman–Crippen MR) is 210 cm³/mol. The maximum absolute atomic E-state index is 6.47. The van der Waals surface area contributed by atoms with Crippen molar-refractivity contribution in [3.63, 3.8) is 0 Å². The molecule has 0 aliphatic heterocycles. The largest absolute Gasteiger partial charge is 0.456 e. The number of hydrogen-bond donors (Lipinski definition) is 0. The molecule has 240 valence electrons. The molecule has 10 rings (SSSR count). The molecule has 0 spiro atoms. The quantitative estimate of drug-likeness (QED) is 0.185. The molecular weight excluding hydrogens is 623 g/mol. The van der Waals surface area contributed by atoms with E-state index >= 15 is 0 Å². The van der Waals surface area contributed by atoms with E-state index in [1.807, 2.05) is 30.3 Å². The van der Waals surface area contributed by atoms with Crippen molar-refractivity contribution >= 4 is 49.1 Å². The summed E-state index contributed by atoms with van der Waals surface area (Å²) in [6.07, 6.45) is 8.96. The molecule has 1 aliphatic rings. The van der Waals surface area contributed by atoms with Crippen LogP contribution in [0.25, 0.3) is 94.3 Å². The van der Waals surface area contributed by atoms with Gasteiger partial charge in [-0.1, -0.05) is 140 Å². The van der Waals surface area contributed by atoms with E-state index in [9.17, 15) is 0 Å². The molecule has 51 heavy (non-hydrogen) atoms. The highest BCUT2D eigenvalue weighted by atomic mass is 16.3. The summed E-state index contributed by atoms with van der Waals surface area (Å²) in [5, 5.41) is 6.74. The molecule has 2 aromatic heterocycles. The van der Waals surface area contributed by atoms with Crippen LogP contribution < -0.4 is 0 Å². The summed E-state index contributed by atoms with van der Waals surface area (Å²) in [6.45, 7) is 0. The average molecular weight is 654 g/mol. The molecule has 9 aromatic rings. The normalized spacial score (nSPS) is 13.0. The molecule has 1 aliphatic carbocycles. The zero-order chi connectivity index (χ0) is 33.7. The highest BCUT2D eigenvalue weighted by molar-refractivity contribution is 6.13. The van der Waals surface area contributed by atoms with E-state index in [1.54, 1.807) is 0 Å². The van der Waals surface area contributed by atoms with Crippen LogP contribution in [0.3, 0.4) is 0 Å². The van der Waals surface area contributed by atoms with E-state index in [0.29, 0.717) is 17.5 Å². The van der Waals surface area contributed by atoms with Gasteiger partial charge in [-0.3, -0.25) is 0 Å². The molecule has 0 amide bonds. The smallest absolute Gasteiger partial charge is 0.164 e. The maximum Gasteiger partial charge on any atom is 0.164 e. The van der Waals surface area contributed by atoms with Crippen molar-refractivity contribution in [1.82, 2.24) is 15.0 Å². The number of nitrogens with zero attached hydrogens (tertiary/aromatic N) is 3. The molecule has 0 unspecified atom stereocenters. The van der Waals surface area contributed by atoms with Gasteiger partial charge in [0.2, 0.25) is 0 Å². The van der Waals surface area contributed by atoms with E-state index < -0.39 is 0 Å². The van der Waals surface area contributed by atoms with Gasteiger partial charge >= 0.3 is 0 Å². The Morgan fingerprint density at radius 2 is 1.12 bits per heavy atom. The Morgan fingerprint density at radius 3 is 1.96 bits per heavy atom. The van der Waals surface area contributed by atoms with E-state index in [1.165, 1.54) is 32.9 Å². The van der Waals surface area contributed by atoms with Gasteiger partial charge in [0.1, 0.15) is 11.2 Å². The van der Waals surface area contributed by atoms with Crippen molar-refractivity contribution in [2.45, 2.75) is 12.8 Å². The summed E-state index contributed by atoms with van der Waals surface area (Å²) in [4.78, 5) is 15.5. The van der Waals surface area contributed by atoms with Crippen molar-refractivity contribution in [2.75, 3.05) is 0 Å². The Balaban J connectivity index is 1.20. The van der Waals surface area contributed by atoms with Gasteiger partial charge in [-0.15, -0.1) is 0 Å². The fraction of sp³-hybridized carbons (Fsp3) is 0.0426. The maximum atomic E-state index is 6.47. The fourth-order valence-corrected chi connectivity index (χ4v) is 7.55. The van der Waals surface area contributed by atoms with Crippen LogP contribution in [0.15, 0.2) is 168 Å². The molecule has 7 aromatic carbocycles. The van der Waals surface area contributed by atoms with Gasteiger partial charge < -0.3 is 4.42 Å².